The molecule has 0 heterocycles. The molecule has 0 aliphatic heterocycles. The molecule has 174 valence electrons. The van der Waals surface area contributed by atoms with Gasteiger partial charge in [-0.25, -0.2) is 4.79 Å². The van der Waals surface area contributed by atoms with Gasteiger partial charge in [-0.2, -0.15) is 4.99 Å². The van der Waals surface area contributed by atoms with E-state index in [9.17, 15) is 18.9 Å². The standard InChI is InChI=1S/C24H22N4O5S/c1-16(29)25-21-15-19(34(32)18-11-7-4-8-12-18)13-14-20(21)26-23(28-24(31)33-2)27-22(30)17-9-5-3-6-10-17/h3-15H,1-2H3,(H,25,29)(H2,26,27,28,30,31). The fourth-order valence-electron chi connectivity index (χ4n) is 2.83. The molecule has 10 heteroatoms. The van der Waals surface area contributed by atoms with Gasteiger partial charge in [-0.1, -0.05) is 36.4 Å². The maximum atomic E-state index is 12.9. The fraction of sp³-hybridized carbons (Fsp3) is 0.0833. The summed E-state index contributed by atoms with van der Waals surface area (Å²) in [6, 6.07) is 21.8. The molecule has 3 aromatic rings. The van der Waals surface area contributed by atoms with Crippen molar-refractivity contribution in [3.05, 3.63) is 84.4 Å². The van der Waals surface area contributed by atoms with Crippen molar-refractivity contribution in [2.45, 2.75) is 16.7 Å². The Balaban J connectivity index is 1.95. The molecule has 1 unspecified atom stereocenters. The zero-order valence-corrected chi connectivity index (χ0v) is 19.2. The molecular weight excluding hydrogens is 456 g/mol. The largest absolute Gasteiger partial charge is 0.606 e. The summed E-state index contributed by atoms with van der Waals surface area (Å²) in [5.74, 6) is -1.20. The molecule has 0 aliphatic rings. The van der Waals surface area contributed by atoms with Crippen LogP contribution in [0, 0.1) is 0 Å². The van der Waals surface area contributed by atoms with Gasteiger partial charge in [0.15, 0.2) is 9.79 Å². The van der Waals surface area contributed by atoms with Crippen molar-refractivity contribution in [2.75, 3.05) is 17.7 Å². The summed E-state index contributed by atoms with van der Waals surface area (Å²) in [5, 5.41) is 7.83. The molecule has 0 bridgehead atoms. The number of guanidine groups is 1. The van der Waals surface area contributed by atoms with Gasteiger partial charge < -0.3 is 19.9 Å². The average molecular weight is 479 g/mol. The first-order chi connectivity index (χ1) is 16.4. The van der Waals surface area contributed by atoms with Gasteiger partial charge in [0.2, 0.25) is 11.9 Å². The second-order valence-corrected chi connectivity index (χ2v) is 8.32. The Labute approximate surface area is 199 Å². The average Bonchev–Trinajstić information content (AvgIpc) is 2.85. The minimum atomic E-state index is -1.49. The number of nitrogens with one attached hydrogen (secondary N) is 3. The minimum absolute atomic E-state index is 0.218. The van der Waals surface area contributed by atoms with Gasteiger partial charge in [0.05, 0.1) is 18.5 Å². The SMILES string of the molecule is COC(=O)N/C(=N/C(=O)c1ccccc1)Nc1ccc([S+]([O-])c2ccccc2)cc1NC(C)=O. The Morgan fingerprint density at radius 1 is 0.853 bits per heavy atom. The van der Waals surface area contributed by atoms with Gasteiger partial charge in [-0.15, -0.1) is 0 Å². The summed E-state index contributed by atoms with van der Waals surface area (Å²) < 4.78 is 17.5. The Hall–Kier alpha value is -4.15. The predicted octanol–water partition coefficient (Wildman–Crippen LogP) is 3.78. The minimum Gasteiger partial charge on any atom is -0.606 e. The molecule has 3 aromatic carbocycles. The number of hydrogen-bond donors (Lipinski definition) is 3. The number of hydrogen-bond acceptors (Lipinski definition) is 5. The van der Waals surface area contributed by atoms with Crippen LogP contribution in [0.15, 0.2) is 93.6 Å². The molecule has 0 saturated heterocycles. The van der Waals surface area contributed by atoms with E-state index in [0.29, 0.717) is 21.0 Å². The molecule has 34 heavy (non-hydrogen) atoms. The second kappa shape index (κ2) is 11.6. The molecule has 1 atom stereocenters. The first kappa shape index (κ1) is 24.5. The number of carbonyl (C=O) groups is 3. The van der Waals surface area contributed by atoms with Crippen LogP contribution in [0.25, 0.3) is 0 Å². The number of anilines is 2. The molecule has 3 rings (SSSR count). The Morgan fingerprint density at radius 2 is 1.50 bits per heavy atom. The van der Waals surface area contributed by atoms with Crippen LogP contribution < -0.4 is 16.0 Å². The molecule has 0 aliphatic carbocycles. The summed E-state index contributed by atoms with van der Waals surface area (Å²) >= 11 is -1.49. The van der Waals surface area contributed by atoms with E-state index in [2.05, 4.69) is 25.7 Å². The highest BCUT2D eigenvalue weighted by molar-refractivity contribution is 7.91. The van der Waals surface area contributed by atoms with Crippen molar-refractivity contribution in [3.8, 4) is 0 Å². The van der Waals surface area contributed by atoms with Gasteiger partial charge in [-0.05, 0) is 36.4 Å². The van der Waals surface area contributed by atoms with Crippen molar-refractivity contribution in [1.29, 1.82) is 0 Å². The number of rotatable bonds is 5. The van der Waals surface area contributed by atoms with E-state index >= 15 is 0 Å². The number of methoxy groups -OCH3 is 1. The quantitative estimate of drug-likeness (QED) is 0.291. The number of nitrogens with zero attached hydrogens (tertiary/aromatic N) is 1. The van der Waals surface area contributed by atoms with E-state index in [0.717, 1.165) is 0 Å². The lowest BCUT2D eigenvalue weighted by atomic mass is 10.2. The summed E-state index contributed by atoms with van der Waals surface area (Å²) in [6.45, 7) is 1.32. The highest BCUT2D eigenvalue weighted by atomic mass is 32.2. The monoisotopic (exact) mass is 478 g/mol. The molecule has 0 radical (unpaired) electrons. The molecule has 9 nitrogen and oxygen atoms in total. The van der Waals surface area contributed by atoms with Gasteiger partial charge in [-0.3, -0.25) is 14.9 Å². The summed E-state index contributed by atoms with van der Waals surface area (Å²) in [4.78, 5) is 41.1. The molecule has 0 fully saturated rings. The van der Waals surface area contributed by atoms with Crippen molar-refractivity contribution in [3.63, 3.8) is 0 Å². The van der Waals surface area contributed by atoms with Crippen LogP contribution >= 0.6 is 0 Å². The van der Waals surface area contributed by atoms with Gasteiger partial charge in [0, 0.05) is 29.7 Å². The predicted molar refractivity (Wildman–Crippen MR) is 129 cm³/mol. The van der Waals surface area contributed by atoms with Crippen molar-refractivity contribution in [2.24, 2.45) is 4.99 Å². The summed E-state index contributed by atoms with van der Waals surface area (Å²) in [5.41, 5.74) is 0.894. The number of benzene rings is 3. The highest BCUT2D eigenvalue weighted by Gasteiger charge is 2.19. The van der Waals surface area contributed by atoms with E-state index in [-0.39, 0.29) is 17.6 Å². The van der Waals surface area contributed by atoms with Crippen molar-refractivity contribution in [1.82, 2.24) is 5.32 Å². The molecule has 3 amide bonds. The van der Waals surface area contributed by atoms with Crippen LogP contribution in [-0.2, 0) is 20.7 Å². The zero-order chi connectivity index (χ0) is 24.5. The van der Waals surface area contributed by atoms with Gasteiger partial charge in [0.1, 0.15) is 0 Å². The van der Waals surface area contributed by atoms with E-state index in [4.69, 9.17) is 0 Å². The highest BCUT2D eigenvalue weighted by Crippen LogP contribution is 2.29. The molecule has 0 aromatic heterocycles. The third-order valence-corrected chi connectivity index (χ3v) is 5.75. The Bertz CT molecular complexity index is 1200. The topological polar surface area (TPSA) is 132 Å². The van der Waals surface area contributed by atoms with Gasteiger partial charge >= 0.3 is 6.09 Å². The number of aliphatic imine (C=N–C) groups is 1. The molecule has 3 N–H and O–H groups in total. The molecule has 0 spiro atoms. The second-order valence-electron chi connectivity index (χ2n) is 6.84. The Morgan fingerprint density at radius 3 is 2.12 bits per heavy atom. The summed E-state index contributed by atoms with van der Waals surface area (Å²) in [7, 11) is 1.17. The number of alkyl carbamates (subject to hydrolysis) is 1. The third-order valence-electron chi connectivity index (χ3n) is 4.37. The number of carbonyl (C=O) groups excluding carboxylic acids is 3. The first-order valence-electron chi connectivity index (χ1n) is 10.1. The lowest BCUT2D eigenvalue weighted by molar-refractivity contribution is -0.114. The normalized spacial score (nSPS) is 11.8. The van der Waals surface area contributed by atoms with Gasteiger partial charge in [0.25, 0.3) is 5.91 Å². The van der Waals surface area contributed by atoms with Crippen LogP contribution in [-0.4, -0.2) is 35.5 Å². The smallest absolute Gasteiger partial charge is 0.413 e. The van der Waals surface area contributed by atoms with E-state index < -0.39 is 23.2 Å². The van der Waals surface area contributed by atoms with Crippen LogP contribution in [0.3, 0.4) is 0 Å². The van der Waals surface area contributed by atoms with Crippen molar-refractivity contribution >= 4 is 46.4 Å². The maximum Gasteiger partial charge on any atom is 0.413 e. The van der Waals surface area contributed by atoms with E-state index in [1.165, 1.54) is 14.0 Å². The number of amides is 3. The van der Waals surface area contributed by atoms with Crippen LogP contribution in [0.2, 0.25) is 0 Å². The molecule has 0 saturated carbocycles. The van der Waals surface area contributed by atoms with Crippen LogP contribution in [0.1, 0.15) is 17.3 Å². The lowest BCUT2D eigenvalue weighted by Crippen LogP contribution is -2.36. The Kier molecular flexibility index (Phi) is 8.38. The van der Waals surface area contributed by atoms with Crippen LogP contribution in [0.5, 0.6) is 0 Å². The zero-order valence-electron chi connectivity index (χ0n) is 18.4. The fourth-order valence-corrected chi connectivity index (χ4v) is 3.92. The molecular formula is C24H22N4O5S. The first-order valence-corrected chi connectivity index (χ1v) is 11.2. The maximum absolute atomic E-state index is 12.9. The summed E-state index contributed by atoms with van der Waals surface area (Å²) in [6.07, 6.45) is -0.852. The van der Waals surface area contributed by atoms with E-state index in [1.54, 1.807) is 72.8 Å². The lowest BCUT2D eigenvalue weighted by Gasteiger charge is -2.16. The van der Waals surface area contributed by atoms with Crippen LogP contribution in [0.4, 0.5) is 16.2 Å². The van der Waals surface area contributed by atoms with E-state index in [1.807, 2.05) is 6.07 Å². The third kappa shape index (κ3) is 6.67. The van der Waals surface area contributed by atoms with Crippen molar-refractivity contribution < 1.29 is 23.7 Å². The number of ether oxygens (including phenoxy) is 1.